The van der Waals surface area contributed by atoms with Crippen molar-refractivity contribution in [3.8, 4) is 5.75 Å². The molecule has 8 nitrogen and oxygen atoms in total. The van der Waals surface area contributed by atoms with E-state index in [4.69, 9.17) is 16.3 Å². The monoisotopic (exact) mass is 476 g/mol. The van der Waals surface area contributed by atoms with Crippen LogP contribution >= 0.6 is 11.6 Å². The van der Waals surface area contributed by atoms with Crippen molar-refractivity contribution in [1.29, 1.82) is 0 Å². The molecule has 2 fully saturated rings. The number of aliphatic imine (C=N–C) groups is 1. The van der Waals surface area contributed by atoms with Crippen LogP contribution in [0.2, 0.25) is 5.02 Å². The van der Waals surface area contributed by atoms with Gasteiger partial charge in [-0.2, -0.15) is 0 Å². The Morgan fingerprint density at radius 1 is 1.21 bits per heavy atom. The molecule has 3 aliphatic rings. The largest absolute Gasteiger partial charge is 0.492 e. The zero-order valence-corrected chi connectivity index (χ0v) is 19.8. The van der Waals surface area contributed by atoms with Gasteiger partial charge in [-0.1, -0.05) is 30.9 Å². The van der Waals surface area contributed by atoms with Crippen molar-refractivity contribution in [3.63, 3.8) is 0 Å². The maximum absolute atomic E-state index is 12.7. The summed E-state index contributed by atoms with van der Waals surface area (Å²) >= 11 is 6.58. The van der Waals surface area contributed by atoms with Crippen molar-refractivity contribution >= 4 is 35.1 Å². The summed E-state index contributed by atoms with van der Waals surface area (Å²) in [7, 11) is 0. The average Bonchev–Trinajstić information content (AvgIpc) is 3.19. The van der Waals surface area contributed by atoms with Crippen molar-refractivity contribution in [2.45, 2.75) is 70.4 Å². The van der Waals surface area contributed by atoms with E-state index in [0.717, 1.165) is 43.4 Å². The molecule has 0 unspecified atom stereocenters. The first kappa shape index (κ1) is 23.8. The lowest BCUT2D eigenvalue weighted by molar-refractivity contribution is -0.135. The van der Waals surface area contributed by atoms with Gasteiger partial charge in [0.1, 0.15) is 12.3 Å². The van der Waals surface area contributed by atoms with E-state index in [-0.39, 0.29) is 25.0 Å². The van der Waals surface area contributed by atoms with E-state index in [1.807, 2.05) is 21.9 Å². The molecule has 2 heterocycles. The van der Waals surface area contributed by atoms with Crippen LogP contribution in [0.1, 0.15) is 63.4 Å². The minimum Gasteiger partial charge on any atom is -0.492 e. The number of aliphatic hydroxyl groups is 1. The molecule has 0 atom stereocenters. The molecular weight excluding hydrogens is 444 g/mol. The van der Waals surface area contributed by atoms with E-state index >= 15 is 0 Å². The topological polar surface area (TPSA) is 94.5 Å². The molecule has 0 spiro atoms. The van der Waals surface area contributed by atoms with Gasteiger partial charge in [0.15, 0.2) is 0 Å². The molecule has 1 saturated carbocycles. The molecule has 33 heavy (non-hydrogen) atoms. The zero-order valence-electron chi connectivity index (χ0n) is 19.0. The average molecular weight is 477 g/mol. The van der Waals surface area contributed by atoms with E-state index in [0.29, 0.717) is 48.9 Å². The summed E-state index contributed by atoms with van der Waals surface area (Å²) in [6.45, 7) is 1.80. The Kier molecular flexibility index (Phi) is 8.09. The summed E-state index contributed by atoms with van der Waals surface area (Å²) in [4.78, 5) is 32.5. The summed E-state index contributed by atoms with van der Waals surface area (Å²) in [6, 6.07) is 3.98. The lowest BCUT2D eigenvalue weighted by atomic mass is 9.94. The van der Waals surface area contributed by atoms with Crippen LogP contribution in [0.3, 0.4) is 0 Å². The van der Waals surface area contributed by atoms with Crippen LogP contribution in [0.5, 0.6) is 5.75 Å². The summed E-state index contributed by atoms with van der Waals surface area (Å²) in [5, 5.41) is 12.7. The van der Waals surface area contributed by atoms with E-state index in [2.05, 4.69) is 10.3 Å². The third-order valence-electron chi connectivity index (χ3n) is 6.61. The summed E-state index contributed by atoms with van der Waals surface area (Å²) in [6.07, 6.45) is 8.73. The minimum atomic E-state index is -0.0640. The quantitative estimate of drug-likeness (QED) is 0.505. The molecule has 9 heteroatoms. The second-order valence-corrected chi connectivity index (χ2v) is 9.35. The van der Waals surface area contributed by atoms with Crippen molar-refractivity contribution in [2.24, 2.45) is 4.99 Å². The number of rotatable bonds is 10. The van der Waals surface area contributed by atoms with Gasteiger partial charge >= 0.3 is 0 Å². The number of carbonyl (C=O) groups is 2. The number of aliphatic hydroxyl groups excluding tert-OH is 1. The Morgan fingerprint density at radius 3 is 2.82 bits per heavy atom. The number of fused-ring (bicyclic) bond motifs is 2. The lowest BCUT2D eigenvalue weighted by Crippen LogP contribution is -2.43. The number of guanidine groups is 1. The number of hydrogen-bond acceptors (Lipinski definition) is 6. The highest BCUT2D eigenvalue weighted by Gasteiger charge is 2.31. The zero-order chi connectivity index (χ0) is 23.2. The van der Waals surface area contributed by atoms with E-state index < -0.39 is 0 Å². The van der Waals surface area contributed by atoms with Crippen molar-refractivity contribution < 1.29 is 19.4 Å². The third-order valence-corrected chi connectivity index (χ3v) is 7.03. The molecule has 1 aromatic carbocycles. The van der Waals surface area contributed by atoms with Crippen LogP contribution in [0.15, 0.2) is 17.1 Å². The van der Waals surface area contributed by atoms with Crippen molar-refractivity contribution in [3.05, 3.63) is 22.7 Å². The van der Waals surface area contributed by atoms with Gasteiger partial charge in [0.25, 0.3) is 0 Å². The van der Waals surface area contributed by atoms with Gasteiger partial charge in [-0.05, 0) is 44.2 Å². The number of ether oxygens (including phenoxy) is 1. The van der Waals surface area contributed by atoms with Crippen LogP contribution in [0.4, 0.5) is 5.69 Å². The predicted molar refractivity (Wildman–Crippen MR) is 127 cm³/mol. The molecule has 2 N–H and O–H groups in total. The van der Waals surface area contributed by atoms with Crippen LogP contribution in [0.25, 0.3) is 0 Å². The second-order valence-electron chi connectivity index (χ2n) is 8.98. The Bertz CT molecular complexity index is 901. The van der Waals surface area contributed by atoms with Gasteiger partial charge in [-0.15, -0.1) is 0 Å². The van der Waals surface area contributed by atoms with Crippen LogP contribution in [0, 0.1) is 0 Å². The fraction of sp³-hybridized carbons (Fsp3) is 0.625. The van der Waals surface area contributed by atoms with Crippen LogP contribution in [-0.2, 0) is 16.1 Å². The van der Waals surface area contributed by atoms with Crippen molar-refractivity contribution in [2.75, 3.05) is 26.3 Å². The second kappa shape index (κ2) is 11.2. The SMILES string of the molecule is O=C1CN2Cc3c(ccc(OCCCCCC(=O)N(CCO)C4CCCCC4)c3Cl)N=C2N1. The number of nitrogens with zero attached hydrogens (tertiary/aromatic N) is 3. The highest BCUT2D eigenvalue weighted by molar-refractivity contribution is 6.33. The number of unbranched alkanes of at least 4 members (excludes halogenated alkanes) is 2. The van der Waals surface area contributed by atoms with Gasteiger partial charge in [0.05, 0.1) is 30.5 Å². The number of carbonyl (C=O) groups excluding carboxylic acids is 2. The smallest absolute Gasteiger partial charge is 0.246 e. The first-order chi connectivity index (χ1) is 16.1. The van der Waals surface area contributed by atoms with E-state index in [9.17, 15) is 14.7 Å². The Hall–Kier alpha value is -2.32. The van der Waals surface area contributed by atoms with Gasteiger partial charge < -0.3 is 19.6 Å². The number of amides is 2. The summed E-state index contributed by atoms with van der Waals surface area (Å²) < 4.78 is 5.91. The van der Waals surface area contributed by atoms with Gasteiger partial charge in [0.2, 0.25) is 17.8 Å². The Balaban J connectivity index is 1.20. The molecule has 2 amide bonds. The fourth-order valence-electron chi connectivity index (χ4n) is 4.87. The standard InChI is InChI=1S/C24H33ClN4O4/c25-23-18-15-28-16-21(31)27-24(28)26-19(18)10-11-20(23)33-14-6-2-5-9-22(32)29(12-13-30)17-7-3-1-4-8-17/h10-11,17,30H,1-9,12-16H2,(H,26,27,31). The van der Waals surface area contributed by atoms with Crippen LogP contribution < -0.4 is 10.1 Å². The number of hydrogen-bond donors (Lipinski definition) is 2. The van der Waals surface area contributed by atoms with Crippen molar-refractivity contribution in [1.82, 2.24) is 15.1 Å². The molecule has 0 radical (unpaired) electrons. The molecule has 1 aliphatic carbocycles. The van der Waals surface area contributed by atoms with Gasteiger partial charge in [-0.3, -0.25) is 14.9 Å². The first-order valence-corrected chi connectivity index (χ1v) is 12.4. The Morgan fingerprint density at radius 2 is 2.03 bits per heavy atom. The summed E-state index contributed by atoms with van der Waals surface area (Å²) in [5.41, 5.74) is 1.62. The predicted octanol–water partition coefficient (Wildman–Crippen LogP) is 3.37. The molecule has 0 bridgehead atoms. The van der Waals surface area contributed by atoms with Gasteiger partial charge in [0, 0.05) is 24.6 Å². The fourth-order valence-corrected chi connectivity index (χ4v) is 5.15. The summed E-state index contributed by atoms with van der Waals surface area (Å²) in [5.74, 6) is 1.29. The maximum Gasteiger partial charge on any atom is 0.246 e. The number of benzene rings is 1. The number of nitrogens with one attached hydrogen (secondary N) is 1. The molecule has 180 valence electrons. The van der Waals surface area contributed by atoms with Gasteiger partial charge in [-0.25, -0.2) is 4.99 Å². The maximum atomic E-state index is 12.7. The van der Waals surface area contributed by atoms with E-state index in [1.165, 1.54) is 19.3 Å². The molecule has 2 aliphatic heterocycles. The molecular formula is C24H33ClN4O4. The first-order valence-electron chi connectivity index (χ1n) is 12.0. The lowest BCUT2D eigenvalue weighted by Gasteiger charge is -2.34. The molecule has 1 aromatic rings. The van der Waals surface area contributed by atoms with Crippen LogP contribution in [-0.4, -0.2) is 65.0 Å². The minimum absolute atomic E-state index is 0.0226. The highest BCUT2D eigenvalue weighted by Crippen LogP contribution is 2.38. The Labute approximate surface area is 199 Å². The normalized spacial score (nSPS) is 17.8. The number of halogens is 1. The van der Waals surface area contributed by atoms with E-state index in [1.54, 1.807) is 0 Å². The highest BCUT2D eigenvalue weighted by atomic mass is 35.5. The molecule has 0 aromatic heterocycles. The molecule has 4 rings (SSSR count). The molecule has 1 saturated heterocycles. The third kappa shape index (κ3) is 5.79.